The minimum Gasteiger partial charge on any atom is -0.393 e. The minimum atomic E-state index is 0.364. The molecule has 33 heavy (non-hydrogen) atoms. The number of aromatic nitrogens is 4. The van der Waals surface area contributed by atoms with E-state index in [-0.39, 0.29) is 0 Å². The molecule has 0 atom stereocenters. The molecule has 0 aliphatic heterocycles. The van der Waals surface area contributed by atoms with Crippen molar-refractivity contribution in [2.24, 2.45) is 10.7 Å². The van der Waals surface area contributed by atoms with Crippen LogP contribution in [0.2, 0.25) is 0 Å². The predicted octanol–water partition coefficient (Wildman–Crippen LogP) is 3.96. The molecule has 0 aliphatic rings. The maximum atomic E-state index is 6.36. The van der Waals surface area contributed by atoms with Crippen molar-refractivity contribution in [2.45, 2.75) is 19.8 Å². The molecule has 0 saturated carbocycles. The molecule has 1 aromatic carbocycles. The largest absolute Gasteiger partial charge is 0.393 e. The van der Waals surface area contributed by atoms with E-state index in [2.05, 4.69) is 44.7 Å². The van der Waals surface area contributed by atoms with Gasteiger partial charge in [0.25, 0.3) is 0 Å². The normalized spacial score (nSPS) is 12.2. The summed E-state index contributed by atoms with van der Waals surface area (Å²) in [6.45, 7) is 4.24. The van der Waals surface area contributed by atoms with Gasteiger partial charge in [0.15, 0.2) is 12.0 Å². The quantitative estimate of drug-likeness (QED) is 0.297. The van der Waals surface area contributed by atoms with Gasteiger partial charge in [-0.05, 0) is 41.8 Å². The van der Waals surface area contributed by atoms with Crippen LogP contribution >= 0.6 is 0 Å². The van der Waals surface area contributed by atoms with Crippen molar-refractivity contribution in [2.75, 3.05) is 12.4 Å². The molecule has 8 nitrogen and oxygen atoms in total. The molecule has 0 amide bonds. The van der Waals surface area contributed by atoms with Gasteiger partial charge in [0.2, 0.25) is 5.52 Å². The second-order valence-electron chi connectivity index (χ2n) is 7.85. The number of amidine groups is 1. The molecule has 166 valence electrons. The standard InChI is InChI=1S/C25H26N8/c1-16(2)17-12-24(33-29-14-17)32-23-10-9-21-22(31-23)11-18(13-28-21)20(15-27-3)25(26)30-19-7-5-4-6-8-19/h4-16,27H,1-3H3,(H2,26,30)(H,31,32,33)/p+1/b20-15-. The molecular weight excluding hydrogens is 412 g/mol. The van der Waals surface area contributed by atoms with Crippen molar-refractivity contribution < 1.29 is 4.98 Å². The van der Waals surface area contributed by atoms with Crippen LogP contribution in [-0.2, 0) is 0 Å². The summed E-state index contributed by atoms with van der Waals surface area (Å²) in [4.78, 5) is 12.6. The van der Waals surface area contributed by atoms with Crippen molar-refractivity contribution in [1.29, 1.82) is 0 Å². The molecule has 0 spiro atoms. The SMILES string of the molecule is CN/C=C(\C(N)=Nc1ccccc1)c1c[nH+]c2ccc(Nc3cc(C(C)C)cnn3)nc2c1. The van der Waals surface area contributed by atoms with E-state index in [4.69, 9.17) is 10.7 Å². The Balaban J connectivity index is 1.67. The second-order valence-corrected chi connectivity index (χ2v) is 7.85. The number of rotatable bonds is 7. The summed E-state index contributed by atoms with van der Waals surface area (Å²) in [7, 11) is 1.83. The van der Waals surface area contributed by atoms with Crippen LogP contribution < -0.4 is 21.4 Å². The lowest BCUT2D eigenvalue weighted by molar-refractivity contribution is -0.345. The average molecular weight is 440 g/mol. The minimum absolute atomic E-state index is 0.364. The number of nitrogens with two attached hydrogens (primary N) is 1. The number of nitrogens with zero attached hydrogens (tertiary/aromatic N) is 4. The van der Waals surface area contributed by atoms with Gasteiger partial charge in [-0.2, -0.15) is 5.10 Å². The monoisotopic (exact) mass is 439 g/mol. The van der Waals surface area contributed by atoms with Crippen LogP contribution in [0.3, 0.4) is 0 Å². The van der Waals surface area contributed by atoms with Crippen LogP contribution in [0.4, 0.5) is 17.3 Å². The maximum absolute atomic E-state index is 6.36. The summed E-state index contributed by atoms with van der Waals surface area (Å²) in [6, 6.07) is 17.5. The number of H-pyrrole nitrogens is 1. The Hall–Kier alpha value is -4.33. The van der Waals surface area contributed by atoms with Gasteiger partial charge in [-0.15, -0.1) is 5.10 Å². The van der Waals surface area contributed by atoms with Crippen LogP contribution in [0.1, 0.15) is 30.9 Å². The first-order valence-electron chi connectivity index (χ1n) is 10.7. The number of para-hydroxylation sites is 1. The topological polar surface area (TPSA) is 115 Å². The number of anilines is 2. The molecule has 3 heterocycles. The first kappa shape index (κ1) is 21.9. The molecule has 0 bridgehead atoms. The molecule has 4 rings (SSSR count). The molecule has 8 heteroatoms. The first-order valence-corrected chi connectivity index (χ1v) is 10.7. The van der Waals surface area contributed by atoms with E-state index in [1.807, 2.05) is 74.0 Å². The highest BCUT2D eigenvalue weighted by Crippen LogP contribution is 2.22. The Morgan fingerprint density at radius 3 is 2.67 bits per heavy atom. The predicted molar refractivity (Wildman–Crippen MR) is 132 cm³/mol. The molecule has 0 aliphatic carbocycles. The fourth-order valence-electron chi connectivity index (χ4n) is 3.32. The zero-order valence-electron chi connectivity index (χ0n) is 18.9. The van der Waals surface area contributed by atoms with E-state index >= 15 is 0 Å². The number of pyridine rings is 2. The number of aliphatic imine (C=N–C) groups is 1. The van der Waals surface area contributed by atoms with Crippen LogP contribution in [0, 0.1) is 0 Å². The van der Waals surface area contributed by atoms with Crippen LogP contribution in [0.15, 0.2) is 78.2 Å². The van der Waals surface area contributed by atoms with Gasteiger partial charge < -0.3 is 16.4 Å². The number of hydrogen-bond acceptors (Lipinski definition) is 6. The molecule has 0 unspecified atom stereocenters. The van der Waals surface area contributed by atoms with E-state index in [0.29, 0.717) is 23.4 Å². The maximum Gasteiger partial charge on any atom is 0.229 e. The molecular formula is C25H27N8+. The number of aromatic amines is 1. The summed E-state index contributed by atoms with van der Waals surface area (Å²) in [5.74, 6) is 2.10. The van der Waals surface area contributed by atoms with E-state index in [1.54, 1.807) is 6.20 Å². The van der Waals surface area contributed by atoms with Crippen molar-refractivity contribution in [1.82, 2.24) is 20.5 Å². The van der Waals surface area contributed by atoms with Crippen LogP contribution in [0.5, 0.6) is 0 Å². The lowest BCUT2D eigenvalue weighted by atomic mass is 10.1. The average Bonchev–Trinajstić information content (AvgIpc) is 2.83. The highest BCUT2D eigenvalue weighted by Gasteiger charge is 2.13. The lowest BCUT2D eigenvalue weighted by Crippen LogP contribution is -2.17. The van der Waals surface area contributed by atoms with Crippen LogP contribution in [-0.4, -0.2) is 28.1 Å². The Kier molecular flexibility index (Phi) is 6.54. The fraction of sp³-hybridized carbons (Fsp3) is 0.160. The molecule has 3 aromatic heterocycles. The molecule has 5 N–H and O–H groups in total. The van der Waals surface area contributed by atoms with E-state index in [1.165, 1.54) is 0 Å². The highest BCUT2D eigenvalue weighted by atomic mass is 15.2. The second kappa shape index (κ2) is 9.86. The van der Waals surface area contributed by atoms with Gasteiger partial charge >= 0.3 is 0 Å². The van der Waals surface area contributed by atoms with Gasteiger partial charge in [0.1, 0.15) is 17.2 Å². The lowest BCUT2D eigenvalue weighted by Gasteiger charge is -2.09. The van der Waals surface area contributed by atoms with Crippen LogP contribution in [0.25, 0.3) is 16.6 Å². The van der Waals surface area contributed by atoms with Gasteiger partial charge in [-0.3, -0.25) is 0 Å². The van der Waals surface area contributed by atoms with Crippen molar-refractivity contribution >= 4 is 39.8 Å². The number of fused-ring (bicyclic) bond motifs is 1. The summed E-state index contributed by atoms with van der Waals surface area (Å²) >= 11 is 0. The summed E-state index contributed by atoms with van der Waals surface area (Å²) in [5, 5.41) is 14.6. The van der Waals surface area contributed by atoms with Gasteiger partial charge in [0, 0.05) is 24.9 Å². The van der Waals surface area contributed by atoms with Crippen molar-refractivity contribution in [3.8, 4) is 0 Å². The number of nitrogens with one attached hydrogen (secondary N) is 3. The highest BCUT2D eigenvalue weighted by molar-refractivity contribution is 6.22. The van der Waals surface area contributed by atoms with E-state index in [0.717, 1.165) is 33.4 Å². The van der Waals surface area contributed by atoms with Gasteiger partial charge in [0.05, 0.1) is 17.4 Å². The third-order valence-corrected chi connectivity index (χ3v) is 5.08. The Morgan fingerprint density at radius 1 is 1.09 bits per heavy atom. The van der Waals surface area contributed by atoms with Crippen molar-refractivity contribution in [3.63, 3.8) is 0 Å². The van der Waals surface area contributed by atoms with E-state index in [9.17, 15) is 0 Å². The van der Waals surface area contributed by atoms with Crippen molar-refractivity contribution in [3.05, 3.63) is 84.3 Å². The number of benzene rings is 1. The Morgan fingerprint density at radius 2 is 1.91 bits per heavy atom. The van der Waals surface area contributed by atoms with Gasteiger partial charge in [-0.25, -0.2) is 15.0 Å². The zero-order valence-corrected chi connectivity index (χ0v) is 18.9. The third-order valence-electron chi connectivity index (χ3n) is 5.08. The molecule has 0 fully saturated rings. The van der Waals surface area contributed by atoms with Gasteiger partial charge in [-0.1, -0.05) is 32.0 Å². The Labute approximate surface area is 192 Å². The smallest absolute Gasteiger partial charge is 0.229 e. The summed E-state index contributed by atoms with van der Waals surface area (Å²) in [6.07, 6.45) is 5.50. The fourth-order valence-corrected chi connectivity index (χ4v) is 3.32. The molecule has 4 aromatic rings. The molecule has 0 radical (unpaired) electrons. The molecule has 0 saturated heterocycles. The zero-order chi connectivity index (χ0) is 23.2. The summed E-state index contributed by atoms with van der Waals surface area (Å²) < 4.78 is 0. The first-order chi connectivity index (χ1) is 16.0. The Bertz CT molecular complexity index is 1310. The van der Waals surface area contributed by atoms with E-state index < -0.39 is 0 Å². The summed E-state index contributed by atoms with van der Waals surface area (Å²) in [5.41, 5.74) is 11.6. The number of hydrogen-bond donors (Lipinski definition) is 3. The third kappa shape index (κ3) is 5.30.